The Morgan fingerprint density at radius 3 is 2.36 bits per heavy atom. The number of hydrogen-bond acceptors (Lipinski definition) is 4. The van der Waals surface area contributed by atoms with Crippen LogP contribution in [0.15, 0.2) is 41.3 Å². The predicted octanol–water partition coefficient (Wildman–Crippen LogP) is 4.15. The molecule has 1 saturated heterocycles. The molecule has 4 rings (SSSR count). The number of ether oxygens (including phenoxy) is 1. The first-order chi connectivity index (χ1) is 13.2. The molecule has 0 atom stereocenters. The van der Waals surface area contributed by atoms with Gasteiger partial charge in [-0.15, -0.1) is 0 Å². The smallest absolute Gasteiger partial charge is 0.243 e. The molecule has 2 aromatic rings. The first-order valence-electron chi connectivity index (χ1n) is 9.29. The summed E-state index contributed by atoms with van der Waals surface area (Å²) >= 11 is 6.14. The van der Waals surface area contributed by atoms with Crippen molar-refractivity contribution in [3.8, 4) is 5.75 Å². The number of halogens is 1. The van der Waals surface area contributed by atoms with E-state index in [1.165, 1.54) is 4.31 Å². The number of piperidine rings is 1. The van der Waals surface area contributed by atoms with Gasteiger partial charge in [-0.25, -0.2) is 8.42 Å². The third-order valence-electron chi connectivity index (χ3n) is 5.66. The van der Waals surface area contributed by atoms with Crippen molar-refractivity contribution in [2.24, 2.45) is 0 Å². The molecule has 1 fully saturated rings. The van der Waals surface area contributed by atoms with Crippen molar-refractivity contribution in [3.63, 3.8) is 0 Å². The van der Waals surface area contributed by atoms with Crippen molar-refractivity contribution in [3.05, 3.63) is 58.1 Å². The molecule has 2 aliphatic heterocycles. The molecule has 0 amide bonds. The van der Waals surface area contributed by atoms with Crippen LogP contribution in [0.1, 0.15) is 40.7 Å². The normalized spacial score (nSPS) is 19.3. The maximum absolute atomic E-state index is 12.9. The number of rotatable bonds is 2. The number of Topliss-reactive ketones (excluding diaryl/α,β-unsaturated/α-hetero) is 1. The van der Waals surface area contributed by atoms with Crippen molar-refractivity contribution in [1.82, 2.24) is 4.31 Å². The van der Waals surface area contributed by atoms with Gasteiger partial charge in [-0.05, 0) is 43.7 Å². The lowest BCUT2D eigenvalue weighted by Crippen LogP contribution is -2.52. The SMILES string of the molecule is Cc1ccc(S(=O)(=O)N2CCC3(CC2)CC(=O)c2cc(Cl)c(C)cc2O3)cc1. The second-order valence-corrected chi connectivity index (χ2v) is 10.0. The number of carbonyl (C=O) groups excluding carboxylic acids is 1. The van der Waals surface area contributed by atoms with E-state index >= 15 is 0 Å². The van der Waals surface area contributed by atoms with Gasteiger partial charge in [0.15, 0.2) is 5.78 Å². The molecule has 0 radical (unpaired) electrons. The molecule has 2 aliphatic rings. The molecular formula is C21H22ClNO4S. The van der Waals surface area contributed by atoms with E-state index < -0.39 is 15.6 Å². The number of ketones is 1. The van der Waals surface area contributed by atoms with Crippen LogP contribution in [-0.4, -0.2) is 37.2 Å². The van der Waals surface area contributed by atoms with Gasteiger partial charge in [0.1, 0.15) is 11.4 Å². The molecule has 1 spiro atoms. The number of nitrogens with zero attached hydrogens (tertiary/aromatic N) is 1. The summed E-state index contributed by atoms with van der Waals surface area (Å²) in [6.07, 6.45) is 1.20. The second-order valence-electron chi connectivity index (χ2n) is 7.70. The van der Waals surface area contributed by atoms with Crippen LogP contribution >= 0.6 is 11.6 Å². The number of aryl methyl sites for hydroxylation is 2. The molecule has 0 aliphatic carbocycles. The maximum Gasteiger partial charge on any atom is 0.243 e. The van der Waals surface area contributed by atoms with E-state index in [0.29, 0.717) is 47.2 Å². The second kappa shape index (κ2) is 6.87. The molecule has 0 N–H and O–H groups in total. The average Bonchev–Trinajstić information content (AvgIpc) is 2.64. The number of benzene rings is 2. The van der Waals surface area contributed by atoms with Gasteiger partial charge in [0.2, 0.25) is 10.0 Å². The lowest BCUT2D eigenvalue weighted by molar-refractivity contribution is 0.00588. The fourth-order valence-corrected chi connectivity index (χ4v) is 5.49. The number of hydrogen-bond donors (Lipinski definition) is 0. The highest BCUT2D eigenvalue weighted by Gasteiger charge is 2.45. The van der Waals surface area contributed by atoms with Crippen molar-refractivity contribution in [2.45, 2.75) is 43.6 Å². The quantitative estimate of drug-likeness (QED) is 0.733. The van der Waals surface area contributed by atoms with Crippen LogP contribution in [0.3, 0.4) is 0 Å². The van der Waals surface area contributed by atoms with Crippen molar-refractivity contribution < 1.29 is 17.9 Å². The van der Waals surface area contributed by atoms with Gasteiger partial charge in [0, 0.05) is 31.0 Å². The standard InChI is InChI=1S/C21H22ClNO4S/c1-14-3-5-16(6-4-14)28(25,26)23-9-7-21(8-10-23)13-19(24)17-12-18(22)15(2)11-20(17)27-21/h3-6,11-12H,7-10,13H2,1-2H3. The molecular weight excluding hydrogens is 398 g/mol. The first kappa shape index (κ1) is 19.4. The summed E-state index contributed by atoms with van der Waals surface area (Å²) in [6, 6.07) is 10.3. The maximum atomic E-state index is 12.9. The van der Waals surface area contributed by atoms with Gasteiger partial charge in [0.25, 0.3) is 0 Å². The molecule has 148 valence electrons. The summed E-state index contributed by atoms with van der Waals surface area (Å²) in [6.45, 7) is 4.44. The van der Waals surface area contributed by atoms with Gasteiger partial charge in [-0.1, -0.05) is 29.3 Å². The van der Waals surface area contributed by atoms with Crippen LogP contribution in [0.25, 0.3) is 0 Å². The summed E-state index contributed by atoms with van der Waals surface area (Å²) in [5.74, 6) is 0.547. The number of sulfonamides is 1. The zero-order valence-corrected chi connectivity index (χ0v) is 17.4. The van der Waals surface area contributed by atoms with E-state index in [9.17, 15) is 13.2 Å². The Hall–Kier alpha value is -1.89. The molecule has 0 unspecified atom stereocenters. The van der Waals surface area contributed by atoms with Crippen molar-refractivity contribution >= 4 is 27.4 Å². The Kier molecular flexibility index (Phi) is 4.76. The Bertz CT molecular complexity index is 1040. The number of fused-ring (bicyclic) bond motifs is 1. The van der Waals surface area contributed by atoms with Gasteiger partial charge in [-0.2, -0.15) is 4.31 Å². The largest absolute Gasteiger partial charge is 0.486 e. The lowest BCUT2D eigenvalue weighted by Gasteiger charge is -2.43. The third kappa shape index (κ3) is 3.34. The third-order valence-corrected chi connectivity index (χ3v) is 7.98. The summed E-state index contributed by atoms with van der Waals surface area (Å²) in [5.41, 5.74) is 1.73. The van der Waals surface area contributed by atoms with Crippen molar-refractivity contribution in [1.29, 1.82) is 0 Å². The van der Waals surface area contributed by atoms with Crippen LogP contribution in [0.4, 0.5) is 0 Å². The van der Waals surface area contributed by atoms with Gasteiger partial charge >= 0.3 is 0 Å². The molecule has 0 bridgehead atoms. The van der Waals surface area contributed by atoms with E-state index in [2.05, 4.69) is 0 Å². The van der Waals surface area contributed by atoms with Crippen LogP contribution in [0, 0.1) is 13.8 Å². The monoisotopic (exact) mass is 419 g/mol. The minimum atomic E-state index is -3.55. The minimum absolute atomic E-state index is 0.00186. The molecule has 7 heteroatoms. The first-order valence-corrected chi connectivity index (χ1v) is 11.1. The fraction of sp³-hybridized carbons (Fsp3) is 0.381. The molecule has 0 saturated carbocycles. The molecule has 2 heterocycles. The van der Waals surface area contributed by atoms with E-state index in [1.54, 1.807) is 36.4 Å². The van der Waals surface area contributed by atoms with Crippen LogP contribution in [0.5, 0.6) is 5.75 Å². The minimum Gasteiger partial charge on any atom is -0.486 e. The fourth-order valence-electron chi connectivity index (χ4n) is 3.89. The van der Waals surface area contributed by atoms with Crippen molar-refractivity contribution in [2.75, 3.05) is 13.1 Å². The summed E-state index contributed by atoms with van der Waals surface area (Å²) in [5, 5.41) is 0.547. The van der Waals surface area contributed by atoms with Crippen LogP contribution in [0.2, 0.25) is 5.02 Å². The molecule has 0 aromatic heterocycles. The zero-order chi connectivity index (χ0) is 20.1. The summed E-state index contributed by atoms with van der Waals surface area (Å²) in [7, 11) is -3.55. The van der Waals surface area contributed by atoms with Gasteiger partial charge in [-0.3, -0.25) is 4.79 Å². The van der Waals surface area contributed by atoms with E-state index in [0.717, 1.165) is 11.1 Å². The lowest BCUT2D eigenvalue weighted by atomic mass is 9.83. The van der Waals surface area contributed by atoms with E-state index in [-0.39, 0.29) is 12.2 Å². The topological polar surface area (TPSA) is 63.7 Å². The molecule has 5 nitrogen and oxygen atoms in total. The van der Waals surface area contributed by atoms with E-state index in [1.807, 2.05) is 13.8 Å². The average molecular weight is 420 g/mol. The molecule has 2 aromatic carbocycles. The van der Waals surface area contributed by atoms with Crippen LogP contribution < -0.4 is 4.74 Å². The Labute approximate surface area is 170 Å². The Morgan fingerprint density at radius 1 is 1.07 bits per heavy atom. The Balaban J connectivity index is 1.54. The zero-order valence-electron chi connectivity index (χ0n) is 15.9. The Morgan fingerprint density at radius 2 is 1.71 bits per heavy atom. The number of carbonyl (C=O) groups is 1. The van der Waals surface area contributed by atoms with Gasteiger partial charge < -0.3 is 4.74 Å². The van der Waals surface area contributed by atoms with Crippen LogP contribution in [-0.2, 0) is 10.0 Å². The molecule has 28 heavy (non-hydrogen) atoms. The highest BCUT2D eigenvalue weighted by Crippen LogP contribution is 2.41. The summed E-state index contributed by atoms with van der Waals surface area (Å²) < 4.78 is 33.6. The van der Waals surface area contributed by atoms with Gasteiger partial charge in [0.05, 0.1) is 16.9 Å². The van der Waals surface area contributed by atoms with E-state index in [4.69, 9.17) is 16.3 Å². The predicted molar refractivity (Wildman–Crippen MR) is 108 cm³/mol. The summed E-state index contributed by atoms with van der Waals surface area (Å²) in [4.78, 5) is 13.0. The highest BCUT2D eigenvalue weighted by molar-refractivity contribution is 7.89. The highest BCUT2D eigenvalue weighted by atomic mass is 35.5.